The van der Waals surface area contributed by atoms with Gasteiger partial charge in [-0.05, 0) is 43.2 Å². The highest BCUT2D eigenvalue weighted by molar-refractivity contribution is 6.00. The normalized spacial score (nSPS) is 16.9. The van der Waals surface area contributed by atoms with E-state index in [2.05, 4.69) is 15.5 Å². The molecule has 2 aromatic heterocycles. The van der Waals surface area contributed by atoms with Gasteiger partial charge in [0.1, 0.15) is 0 Å². The van der Waals surface area contributed by atoms with E-state index in [0.717, 1.165) is 29.1 Å². The molecule has 0 spiro atoms. The Kier molecular flexibility index (Phi) is 5.16. The van der Waals surface area contributed by atoms with Crippen LogP contribution in [0.3, 0.4) is 0 Å². The molecular formula is C21H20F3N5O2. The highest BCUT2D eigenvalue weighted by Gasteiger charge is 2.36. The van der Waals surface area contributed by atoms with Gasteiger partial charge in [-0.25, -0.2) is 0 Å². The topological polar surface area (TPSA) is 79.6 Å². The molecule has 1 fully saturated rings. The van der Waals surface area contributed by atoms with E-state index in [1.54, 1.807) is 4.90 Å². The van der Waals surface area contributed by atoms with Crippen molar-refractivity contribution >= 4 is 23.1 Å². The van der Waals surface area contributed by atoms with Crippen LogP contribution in [0.5, 0.6) is 0 Å². The van der Waals surface area contributed by atoms with E-state index in [0.29, 0.717) is 0 Å². The second-order valence-electron chi connectivity index (χ2n) is 7.60. The summed E-state index contributed by atoms with van der Waals surface area (Å²) in [7, 11) is 0. The SMILES string of the molecule is Cc1cccc(N2C[C@H](C(=O)NCc3nnc4ccc(C(F)(F)F)cn34)CC2=O)c1C. The van der Waals surface area contributed by atoms with Crippen molar-refractivity contribution in [3.63, 3.8) is 0 Å². The molecule has 1 aromatic carbocycles. The van der Waals surface area contributed by atoms with E-state index in [-0.39, 0.29) is 42.8 Å². The van der Waals surface area contributed by atoms with Crippen LogP contribution in [0.25, 0.3) is 5.65 Å². The molecule has 4 rings (SSSR count). The van der Waals surface area contributed by atoms with Gasteiger partial charge in [-0.2, -0.15) is 13.2 Å². The third-order valence-corrected chi connectivity index (χ3v) is 5.58. The van der Waals surface area contributed by atoms with Gasteiger partial charge in [-0.3, -0.25) is 14.0 Å². The summed E-state index contributed by atoms with van der Waals surface area (Å²) in [6, 6.07) is 7.82. The number of aromatic nitrogens is 3. The molecule has 1 atom stereocenters. The van der Waals surface area contributed by atoms with E-state index in [9.17, 15) is 22.8 Å². The van der Waals surface area contributed by atoms with Crippen molar-refractivity contribution in [2.75, 3.05) is 11.4 Å². The summed E-state index contributed by atoms with van der Waals surface area (Å²) >= 11 is 0. The highest BCUT2D eigenvalue weighted by Crippen LogP contribution is 2.30. The molecule has 10 heteroatoms. The van der Waals surface area contributed by atoms with E-state index >= 15 is 0 Å². The molecule has 0 saturated carbocycles. The molecule has 3 heterocycles. The highest BCUT2D eigenvalue weighted by atomic mass is 19.4. The first kappa shape index (κ1) is 20.8. The van der Waals surface area contributed by atoms with Crippen LogP contribution >= 0.6 is 0 Å². The van der Waals surface area contributed by atoms with Gasteiger partial charge in [-0.15, -0.1) is 10.2 Å². The van der Waals surface area contributed by atoms with Crippen LogP contribution in [-0.2, 0) is 22.3 Å². The second-order valence-corrected chi connectivity index (χ2v) is 7.60. The van der Waals surface area contributed by atoms with Crippen LogP contribution in [0.1, 0.15) is 28.9 Å². The number of aryl methyl sites for hydroxylation is 1. The molecule has 1 aliphatic rings. The maximum Gasteiger partial charge on any atom is 0.417 e. The Hall–Kier alpha value is -3.43. The van der Waals surface area contributed by atoms with E-state index in [1.807, 2.05) is 32.0 Å². The Morgan fingerprint density at radius 2 is 1.97 bits per heavy atom. The molecule has 3 aromatic rings. The van der Waals surface area contributed by atoms with Gasteiger partial charge in [0, 0.05) is 24.8 Å². The van der Waals surface area contributed by atoms with Gasteiger partial charge >= 0.3 is 6.18 Å². The number of nitrogens with zero attached hydrogens (tertiary/aromatic N) is 4. The smallest absolute Gasteiger partial charge is 0.348 e. The third-order valence-electron chi connectivity index (χ3n) is 5.58. The lowest BCUT2D eigenvalue weighted by Gasteiger charge is -2.20. The fourth-order valence-corrected chi connectivity index (χ4v) is 3.68. The maximum absolute atomic E-state index is 13.0. The Morgan fingerprint density at radius 3 is 2.71 bits per heavy atom. The minimum Gasteiger partial charge on any atom is -0.348 e. The molecule has 0 radical (unpaired) electrons. The van der Waals surface area contributed by atoms with Crippen LogP contribution < -0.4 is 10.2 Å². The third kappa shape index (κ3) is 3.97. The van der Waals surface area contributed by atoms with Crippen LogP contribution in [0.4, 0.5) is 18.9 Å². The first-order valence-corrected chi connectivity index (χ1v) is 9.70. The van der Waals surface area contributed by atoms with E-state index < -0.39 is 17.7 Å². The summed E-state index contributed by atoms with van der Waals surface area (Å²) in [6.45, 7) is 4.02. The first-order chi connectivity index (χ1) is 14.6. The maximum atomic E-state index is 13.0. The molecule has 1 saturated heterocycles. The van der Waals surface area contributed by atoms with Crippen LogP contribution in [0.15, 0.2) is 36.5 Å². The van der Waals surface area contributed by atoms with Crippen LogP contribution in [0.2, 0.25) is 0 Å². The van der Waals surface area contributed by atoms with Crippen molar-refractivity contribution in [1.82, 2.24) is 19.9 Å². The molecule has 2 amide bonds. The summed E-state index contributed by atoms with van der Waals surface area (Å²) in [4.78, 5) is 26.8. The molecule has 0 aliphatic carbocycles. The number of nitrogens with one attached hydrogen (secondary N) is 1. The average molecular weight is 431 g/mol. The monoisotopic (exact) mass is 431 g/mol. The zero-order valence-electron chi connectivity index (χ0n) is 16.9. The van der Waals surface area contributed by atoms with Crippen molar-refractivity contribution in [3.8, 4) is 0 Å². The number of fused-ring (bicyclic) bond motifs is 1. The standard InChI is InChI=1S/C21H20F3N5O2/c1-12-4-3-5-16(13(12)2)28-10-14(8-19(28)30)20(31)25-9-18-27-26-17-7-6-15(11-29(17)18)21(22,23)24/h3-7,11,14H,8-10H2,1-2H3,(H,25,31)/t14-/m1/s1. The number of halogens is 3. The molecule has 31 heavy (non-hydrogen) atoms. The number of amides is 2. The second kappa shape index (κ2) is 7.68. The van der Waals surface area contributed by atoms with Gasteiger partial charge in [0.25, 0.3) is 0 Å². The van der Waals surface area contributed by atoms with Gasteiger partial charge < -0.3 is 10.2 Å². The van der Waals surface area contributed by atoms with Gasteiger partial charge in [0.05, 0.1) is 18.0 Å². The number of pyridine rings is 1. The molecule has 1 N–H and O–H groups in total. The van der Waals surface area contributed by atoms with Crippen molar-refractivity contribution in [2.24, 2.45) is 5.92 Å². The van der Waals surface area contributed by atoms with Crippen molar-refractivity contribution < 1.29 is 22.8 Å². The number of carbonyl (C=O) groups excluding carboxylic acids is 2. The minimum absolute atomic E-state index is 0.0675. The van der Waals surface area contributed by atoms with Crippen molar-refractivity contribution in [3.05, 3.63) is 59.0 Å². The van der Waals surface area contributed by atoms with Gasteiger partial charge in [0.2, 0.25) is 11.8 Å². The number of alkyl halides is 3. The quantitative estimate of drug-likeness (QED) is 0.689. The minimum atomic E-state index is -4.50. The van der Waals surface area contributed by atoms with Crippen LogP contribution in [0, 0.1) is 19.8 Å². The fourth-order valence-electron chi connectivity index (χ4n) is 3.68. The Bertz CT molecular complexity index is 1170. The predicted molar refractivity (Wildman–Crippen MR) is 106 cm³/mol. The Morgan fingerprint density at radius 1 is 1.19 bits per heavy atom. The van der Waals surface area contributed by atoms with Gasteiger partial charge in [-0.1, -0.05) is 12.1 Å². The Balaban J connectivity index is 1.46. The lowest BCUT2D eigenvalue weighted by Crippen LogP contribution is -2.33. The largest absolute Gasteiger partial charge is 0.417 e. The predicted octanol–water partition coefficient (Wildman–Crippen LogP) is 3.03. The van der Waals surface area contributed by atoms with E-state index in [1.165, 1.54) is 10.5 Å². The summed E-state index contributed by atoms with van der Waals surface area (Å²) in [6.07, 6.45) is -3.53. The number of hydrogen-bond donors (Lipinski definition) is 1. The summed E-state index contributed by atoms with van der Waals surface area (Å²) < 4.78 is 40.1. The number of carbonyl (C=O) groups is 2. The molecule has 162 valence electrons. The zero-order chi connectivity index (χ0) is 22.3. The molecule has 1 aliphatic heterocycles. The molecule has 0 unspecified atom stereocenters. The zero-order valence-corrected chi connectivity index (χ0v) is 16.9. The van der Waals surface area contributed by atoms with Crippen LogP contribution in [-0.4, -0.2) is 33.0 Å². The lowest BCUT2D eigenvalue weighted by atomic mass is 10.1. The van der Waals surface area contributed by atoms with Crippen molar-refractivity contribution in [1.29, 1.82) is 0 Å². The molecule has 7 nitrogen and oxygen atoms in total. The lowest BCUT2D eigenvalue weighted by molar-refractivity contribution is -0.138. The molecular weight excluding hydrogens is 411 g/mol. The number of rotatable bonds is 4. The number of benzene rings is 1. The van der Waals surface area contributed by atoms with Gasteiger partial charge in [0.15, 0.2) is 11.5 Å². The van der Waals surface area contributed by atoms with E-state index in [4.69, 9.17) is 0 Å². The average Bonchev–Trinajstić information content (AvgIpc) is 3.30. The van der Waals surface area contributed by atoms with Crippen molar-refractivity contribution in [2.45, 2.75) is 33.0 Å². The molecule has 0 bridgehead atoms. The number of hydrogen-bond acceptors (Lipinski definition) is 4. The first-order valence-electron chi connectivity index (χ1n) is 9.70. The fraction of sp³-hybridized carbons (Fsp3) is 0.333. The Labute approximate surface area is 175 Å². The number of anilines is 1. The summed E-state index contributed by atoms with van der Waals surface area (Å²) in [5.41, 5.74) is 2.22. The summed E-state index contributed by atoms with van der Waals surface area (Å²) in [5, 5.41) is 10.4. The summed E-state index contributed by atoms with van der Waals surface area (Å²) in [5.74, 6) is -0.885.